The van der Waals surface area contributed by atoms with Crippen molar-refractivity contribution in [3.8, 4) is 0 Å². The molecule has 3 aromatic rings. The molecule has 0 aliphatic carbocycles. The van der Waals surface area contributed by atoms with Gasteiger partial charge in [-0.05, 0) is 35.6 Å². The third kappa shape index (κ3) is 7.67. The lowest BCUT2D eigenvalue weighted by atomic mass is 9.84. The SMILES string of the molecule is Cc1nc(S(=O)(=O)NCc2cccc3c2S(=O)(=O)N=C3C2=C(O)[C@H](C(C)(C)C)N(Cc3ccc(F)cc3)C2=O)cn1C.O=C(O)C(F)(F)F. The first-order valence-corrected chi connectivity index (χ1v) is 17.1. The van der Waals surface area contributed by atoms with Crippen LogP contribution in [0.4, 0.5) is 17.6 Å². The van der Waals surface area contributed by atoms with Gasteiger partial charge in [0, 0.05) is 31.9 Å². The molecule has 0 unspecified atom stereocenters. The standard InChI is InChI=1S/C28H30FN5O6S2.C2HF3O2/c1-16-31-21(15-33(16)5)41(37,38)30-13-18-7-6-8-20-23(32-42(39,40)25(18)20)22-24(35)26(28(2,3)4)34(27(22)36)14-17-9-11-19(29)12-10-17;3-2(4,5)1(6)7/h6-12,15,26,30,35H,13-14H2,1-5H3;(H,6,7)/t26-;/m1./s1. The van der Waals surface area contributed by atoms with Gasteiger partial charge in [-0.3, -0.25) is 4.79 Å². The molecular formula is C30H31F4N5O8S2. The molecule has 3 N–H and O–H groups in total. The summed E-state index contributed by atoms with van der Waals surface area (Å²) in [6.07, 6.45) is -3.74. The number of carbonyl (C=O) groups is 2. The van der Waals surface area contributed by atoms with E-state index in [1.165, 1.54) is 53.6 Å². The van der Waals surface area contributed by atoms with Gasteiger partial charge in [-0.25, -0.2) is 27.3 Å². The van der Waals surface area contributed by atoms with E-state index in [0.717, 1.165) is 0 Å². The third-order valence-electron chi connectivity index (χ3n) is 7.50. The van der Waals surface area contributed by atoms with Crippen molar-refractivity contribution in [2.45, 2.75) is 62.9 Å². The van der Waals surface area contributed by atoms with E-state index >= 15 is 0 Å². The van der Waals surface area contributed by atoms with E-state index < -0.39 is 55.4 Å². The number of aliphatic hydroxyl groups excluding tert-OH is 1. The summed E-state index contributed by atoms with van der Waals surface area (Å²) < 4.78 is 105. The van der Waals surface area contributed by atoms with Crippen LogP contribution < -0.4 is 4.72 Å². The highest BCUT2D eigenvalue weighted by atomic mass is 32.2. The fourth-order valence-corrected chi connectivity index (χ4v) is 7.70. The summed E-state index contributed by atoms with van der Waals surface area (Å²) in [5.41, 5.74) is -0.316. The van der Waals surface area contributed by atoms with Gasteiger partial charge in [0.05, 0.1) is 6.04 Å². The number of amides is 1. The molecule has 5 rings (SSSR count). The van der Waals surface area contributed by atoms with E-state index in [2.05, 4.69) is 14.1 Å². The Morgan fingerprint density at radius 3 is 2.18 bits per heavy atom. The zero-order valence-corrected chi connectivity index (χ0v) is 28.2. The molecule has 3 heterocycles. The number of carbonyl (C=O) groups excluding carboxylic acids is 1. The normalized spacial score (nSPS) is 17.5. The van der Waals surface area contributed by atoms with E-state index in [9.17, 15) is 44.3 Å². The number of imidazole rings is 1. The van der Waals surface area contributed by atoms with E-state index in [4.69, 9.17) is 9.90 Å². The molecule has 0 saturated carbocycles. The minimum atomic E-state index is -5.08. The molecule has 0 fully saturated rings. The van der Waals surface area contributed by atoms with Gasteiger partial charge >= 0.3 is 12.1 Å². The number of hydrogen-bond donors (Lipinski definition) is 3. The minimum Gasteiger partial charge on any atom is -0.509 e. The van der Waals surface area contributed by atoms with Gasteiger partial charge in [0.25, 0.3) is 26.0 Å². The molecule has 1 aromatic heterocycles. The first kappa shape index (κ1) is 37.2. The third-order valence-corrected chi connectivity index (χ3v) is 10.2. The van der Waals surface area contributed by atoms with Gasteiger partial charge in [0.15, 0.2) is 5.03 Å². The van der Waals surface area contributed by atoms with Gasteiger partial charge in [-0.1, -0.05) is 51.1 Å². The van der Waals surface area contributed by atoms with E-state index in [1.54, 1.807) is 18.5 Å². The highest BCUT2D eigenvalue weighted by Gasteiger charge is 2.49. The Kier molecular flexibility index (Phi) is 9.88. The summed E-state index contributed by atoms with van der Waals surface area (Å²) in [6.45, 7) is 6.79. The van der Waals surface area contributed by atoms with Crippen LogP contribution in [-0.2, 0) is 49.8 Å². The minimum absolute atomic E-state index is 0.0380. The molecule has 0 saturated heterocycles. The van der Waals surface area contributed by atoms with Gasteiger partial charge in [0.2, 0.25) is 0 Å². The monoisotopic (exact) mass is 729 g/mol. The second kappa shape index (κ2) is 13.0. The molecular weight excluding hydrogens is 698 g/mol. The number of hydrogen-bond acceptors (Lipinski definition) is 8. The molecule has 1 amide bonds. The molecule has 2 aliphatic rings. The van der Waals surface area contributed by atoms with Crippen molar-refractivity contribution in [1.29, 1.82) is 0 Å². The topological polar surface area (TPSA) is 188 Å². The average Bonchev–Trinajstić information content (AvgIpc) is 3.56. The average molecular weight is 730 g/mol. The summed E-state index contributed by atoms with van der Waals surface area (Å²) in [4.78, 5) is 27.9. The number of aromatic nitrogens is 2. The summed E-state index contributed by atoms with van der Waals surface area (Å²) in [5, 5.41) is 18.3. The van der Waals surface area contributed by atoms with Gasteiger partial charge in [-0.15, -0.1) is 0 Å². The van der Waals surface area contributed by atoms with Crippen LogP contribution in [0.25, 0.3) is 0 Å². The first-order valence-electron chi connectivity index (χ1n) is 14.2. The fourth-order valence-electron chi connectivity index (χ4n) is 5.22. The van der Waals surface area contributed by atoms with Crippen LogP contribution in [0.5, 0.6) is 0 Å². The predicted octanol–water partition coefficient (Wildman–Crippen LogP) is 3.74. The number of sulfonamides is 2. The Morgan fingerprint density at radius 2 is 1.67 bits per heavy atom. The summed E-state index contributed by atoms with van der Waals surface area (Å²) in [7, 11) is -6.79. The molecule has 2 aromatic carbocycles. The Bertz CT molecular complexity index is 2080. The van der Waals surface area contributed by atoms with Crippen LogP contribution in [0, 0.1) is 18.2 Å². The number of nitrogens with one attached hydrogen (secondary N) is 1. The maximum Gasteiger partial charge on any atom is 0.490 e. The lowest BCUT2D eigenvalue weighted by Gasteiger charge is -2.35. The van der Waals surface area contributed by atoms with Crippen molar-refractivity contribution in [2.24, 2.45) is 16.9 Å². The molecule has 0 spiro atoms. The number of carboxylic acids is 1. The molecule has 0 bridgehead atoms. The van der Waals surface area contributed by atoms with E-state index in [-0.39, 0.29) is 51.2 Å². The van der Waals surface area contributed by atoms with Crippen molar-refractivity contribution in [1.82, 2.24) is 19.2 Å². The first-order chi connectivity index (χ1) is 22.5. The highest BCUT2D eigenvalue weighted by Crippen LogP contribution is 2.41. The summed E-state index contributed by atoms with van der Waals surface area (Å²) in [5.74, 6) is -3.67. The molecule has 1 atom stereocenters. The zero-order chi connectivity index (χ0) is 36.9. The van der Waals surface area contributed by atoms with Crippen LogP contribution in [0.3, 0.4) is 0 Å². The maximum atomic E-state index is 13.8. The molecule has 19 heteroatoms. The number of aliphatic carboxylic acids is 1. The van der Waals surface area contributed by atoms with Gasteiger partial charge < -0.3 is 19.7 Å². The van der Waals surface area contributed by atoms with Gasteiger partial charge in [0.1, 0.15) is 33.6 Å². The lowest BCUT2D eigenvalue weighted by Crippen LogP contribution is -2.43. The number of nitrogens with zero attached hydrogens (tertiary/aromatic N) is 4. The lowest BCUT2D eigenvalue weighted by molar-refractivity contribution is -0.192. The highest BCUT2D eigenvalue weighted by molar-refractivity contribution is 7.91. The number of rotatable bonds is 7. The van der Waals surface area contributed by atoms with Crippen LogP contribution in [-0.4, -0.2) is 71.3 Å². The van der Waals surface area contributed by atoms with E-state index in [0.29, 0.717) is 11.4 Å². The van der Waals surface area contributed by atoms with Crippen LogP contribution in [0.1, 0.15) is 43.3 Å². The largest absolute Gasteiger partial charge is 0.509 e. The number of aryl methyl sites for hydroxylation is 2. The smallest absolute Gasteiger partial charge is 0.490 e. The van der Waals surface area contributed by atoms with Crippen molar-refractivity contribution in [2.75, 3.05) is 0 Å². The summed E-state index contributed by atoms with van der Waals surface area (Å²) in [6, 6.07) is 9.21. The predicted molar refractivity (Wildman–Crippen MR) is 166 cm³/mol. The van der Waals surface area contributed by atoms with Crippen LogP contribution in [0.2, 0.25) is 0 Å². The Labute approximate surface area is 278 Å². The number of aliphatic hydroxyl groups is 1. The molecule has 13 nitrogen and oxygen atoms in total. The van der Waals surface area contributed by atoms with Crippen molar-refractivity contribution in [3.05, 3.63) is 88.3 Å². The van der Waals surface area contributed by atoms with Crippen molar-refractivity contribution < 1.29 is 54.2 Å². The second-order valence-electron chi connectivity index (χ2n) is 12.2. The molecule has 49 heavy (non-hydrogen) atoms. The van der Waals surface area contributed by atoms with Crippen LogP contribution in [0.15, 0.2) is 74.3 Å². The zero-order valence-electron chi connectivity index (χ0n) is 26.6. The fraction of sp³-hybridized carbons (Fsp3) is 0.333. The Hall–Kier alpha value is -4.62. The Balaban J connectivity index is 0.000000698. The summed E-state index contributed by atoms with van der Waals surface area (Å²) >= 11 is 0. The Morgan fingerprint density at radius 1 is 1.08 bits per heavy atom. The van der Waals surface area contributed by atoms with Crippen LogP contribution >= 0.6 is 0 Å². The van der Waals surface area contributed by atoms with Gasteiger partial charge in [-0.2, -0.15) is 26.0 Å². The second-order valence-corrected chi connectivity index (χ2v) is 15.4. The number of alkyl halides is 3. The van der Waals surface area contributed by atoms with Crippen molar-refractivity contribution >= 4 is 37.6 Å². The number of carboxylic acid groups (broad SMARTS) is 1. The number of benzene rings is 2. The molecule has 2 aliphatic heterocycles. The number of fused-ring (bicyclic) bond motifs is 1. The van der Waals surface area contributed by atoms with Crippen molar-refractivity contribution in [3.63, 3.8) is 0 Å². The number of halogens is 4. The molecule has 264 valence electrons. The maximum absolute atomic E-state index is 13.8. The molecule has 0 radical (unpaired) electrons. The van der Waals surface area contributed by atoms with E-state index in [1.807, 2.05) is 20.8 Å². The quantitative estimate of drug-likeness (QED) is 0.305.